The SMILES string of the molecule is COc1ccc(C2(C)NC(=O)N(CCOc3ccccc3F)C2=O)cc1. The van der Waals surface area contributed by atoms with Crippen LogP contribution < -0.4 is 14.8 Å². The van der Waals surface area contributed by atoms with Crippen LogP contribution in [-0.2, 0) is 10.3 Å². The third-order valence-corrected chi connectivity index (χ3v) is 4.35. The van der Waals surface area contributed by atoms with Crippen LogP contribution in [0.3, 0.4) is 0 Å². The second kappa shape index (κ2) is 7.03. The lowest BCUT2D eigenvalue weighted by Crippen LogP contribution is -2.41. The minimum atomic E-state index is -1.17. The molecule has 1 saturated heterocycles. The molecule has 6 nitrogen and oxygen atoms in total. The normalized spacial score (nSPS) is 19.4. The Labute approximate surface area is 150 Å². The summed E-state index contributed by atoms with van der Waals surface area (Å²) in [7, 11) is 1.55. The fraction of sp³-hybridized carbons (Fsp3) is 0.263. The van der Waals surface area contributed by atoms with Gasteiger partial charge in [-0.1, -0.05) is 24.3 Å². The summed E-state index contributed by atoms with van der Waals surface area (Å²) in [6, 6.07) is 12.4. The Hall–Kier alpha value is -3.09. The van der Waals surface area contributed by atoms with Gasteiger partial charge in [0.25, 0.3) is 5.91 Å². The molecule has 1 aliphatic heterocycles. The zero-order valence-electron chi connectivity index (χ0n) is 14.5. The van der Waals surface area contributed by atoms with Gasteiger partial charge in [-0.3, -0.25) is 9.69 Å². The molecule has 1 fully saturated rings. The van der Waals surface area contributed by atoms with Gasteiger partial charge in [-0.2, -0.15) is 0 Å². The Morgan fingerprint density at radius 3 is 2.46 bits per heavy atom. The molecular weight excluding hydrogens is 339 g/mol. The first-order valence-electron chi connectivity index (χ1n) is 8.11. The maximum absolute atomic E-state index is 13.6. The molecule has 2 aromatic carbocycles. The van der Waals surface area contributed by atoms with Crippen molar-refractivity contribution >= 4 is 11.9 Å². The summed E-state index contributed by atoms with van der Waals surface area (Å²) in [4.78, 5) is 26.1. The molecule has 0 radical (unpaired) electrons. The summed E-state index contributed by atoms with van der Waals surface area (Å²) in [5.41, 5.74) is -0.518. The Bertz CT molecular complexity index is 825. The summed E-state index contributed by atoms with van der Waals surface area (Å²) in [5.74, 6) is -0.140. The Kier molecular flexibility index (Phi) is 4.79. The van der Waals surface area contributed by atoms with Gasteiger partial charge in [-0.25, -0.2) is 9.18 Å². The molecule has 3 amide bonds. The maximum atomic E-state index is 13.6. The van der Waals surface area contributed by atoms with E-state index in [1.54, 1.807) is 50.4 Å². The highest BCUT2D eigenvalue weighted by Gasteiger charge is 2.48. The number of nitrogens with one attached hydrogen (secondary N) is 1. The molecule has 1 unspecified atom stereocenters. The fourth-order valence-electron chi connectivity index (χ4n) is 2.83. The quantitative estimate of drug-likeness (QED) is 0.806. The number of benzene rings is 2. The molecule has 0 aromatic heterocycles. The van der Waals surface area contributed by atoms with E-state index in [2.05, 4.69) is 5.32 Å². The third-order valence-electron chi connectivity index (χ3n) is 4.35. The predicted molar refractivity (Wildman–Crippen MR) is 92.5 cm³/mol. The monoisotopic (exact) mass is 358 g/mol. The molecule has 3 rings (SSSR count). The highest BCUT2D eigenvalue weighted by molar-refractivity contribution is 6.07. The lowest BCUT2D eigenvalue weighted by atomic mass is 9.92. The minimum absolute atomic E-state index is 0.00120. The van der Waals surface area contributed by atoms with Gasteiger partial charge in [-0.05, 0) is 36.8 Å². The van der Waals surface area contributed by atoms with E-state index in [4.69, 9.17) is 9.47 Å². The highest BCUT2D eigenvalue weighted by atomic mass is 19.1. The number of methoxy groups -OCH3 is 1. The van der Waals surface area contributed by atoms with Crippen molar-refractivity contribution in [2.75, 3.05) is 20.3 Å². The van der Waals surface area contributed by atoms with E-state index in [-0.39, 0.29) is 24.8 Å². The van der Waals surface area contributed by atoms with E-state index in [0.717, 1.165) is 4.90 Å². The average molecular weight is 358 g/mol. The molecule has 26 heavy (non-hydrogen) atoms. The molecule has 0 aliphatic carbocycles. The van der Waals surface area contributed by atoms with E-state index < -0.39 is 17.4 Å². The first-order valence-corrected chi connectivity index (χ1v) is 8.11. The zero-order valence-corrected chi connectivity index (χ0v) is 14.5. The molecule has 0 spiro atoms. The van der Waals surface area contributed by atoms with Gasteiger partial charge in [0.15, 0.2) is 11.6 Å². The number of imide groups is 1. The number of hydrogen-bond acceptors (Lipinski definition) is 4. The summed E-state index contributed by atoms with van der Waals surface area (Å²) >= 11 is 0. The van der Waals surface area contributed by atoms with E-state index >= 15 is 0 Å². The lowest BCUT2D eigenvalue weighted by Gasteiger charge is -2.22. The van der Waals surface area contributed by atoms with Crippen LogP contribution in [-0.4, -0.2) is 37.1 Å². The van der Waals surface area contributed by atoms with E-state index in [0.29, 0.717) is 11.3 Å². The van der Waals surface area contributed by atoms with Crippen molar-refractivity contribution in [1.29, 1.82) is 0 Å². The smallest absolute Gasteiger partial charge is 0.325 e. The lowest BCUT2D eigenvalue weighted by molar-refractivity contribution is -0.131. The summed E-state index contributed by atoms with van der Waals surface area (Å²) < 4.78 is 24.0. The molecule has 2 aromatic rings. The molecule has 136 valence electrons. The molecule has 1 heterocycles. The van der Waals surface area contributed by atoms with Crippen molar-refractivity contribution in [3.05, 3.63) is 59.9 Å². The fourth-order valence-corrected chi connectivity index (χ4v) is 2.83. The molecule has 0 bridgehead atoms. The van der Waals surface area contributed by atoms with Crippen LogP contribution in [0.2, 0.25) is 0 Å². The van der Waals surface area contributed by atoms with Gasteiger partial charge in [0.2, 0.25) is 0 Å². The molecule has 7 heteroatoms. The first-order chi connectivity index (χ1) is 12.5. The number of urea groups is 1. The van der Waals surface area contributed by atoms with Gasteiger partial charge >= 0.3 is 6.03 Å². The van der Waals surface area contributed by atoms with E-state index in [1.807, 2.05) is 0 Å². The average Bonchev–Trinajstić information content (AvgIpc) is 2.87. The summed E-state index contributed by atoms with van der Waals surface area (Å²) in [6.07, 6.45) is 0. The van der Waals surface area contributed by atoms with Crippen molar-refractivity contribution in [2.24, 2.45) is 0 Å². The van der Waals surface area contributed by atoms with Crippen LogP contribution in [0.5, 0.6) is 11.5 Å². The molecular formula is C19H19FN2O4. The maximum Gasteiger partial charge on any atom is 0.325 e. The third kappa shape index (κ3) is 3.20. The van der Waals surface area contributed by atoms with Gasteiger partial charge in [0.05, 0.1) is 13.7 Å². The Balaban J connectivity index is 1.69. The van der Waals surface area contributed by atoms with Crippen LogP contribution >= 0.6 is 0 Å². The molecule has 1 aliphatic rings. The number of carbonyl (C=O) groups is 2. The van der Waals surface area contributed by atoms with E-state index in [9.17, 15) is 14.0 Å². The van der Waals surface area contributed by atoms with E-state index in [1.165, 1.54) is 12.1 Å². The number of rotatable bonds is 6. The Morgan fingerprint density at radius 1 is 1.12 bits per heavy atom. The number of carbonyl (C=O) groups excluding carboxylic acids is 2. The number of amides is 3. The van der Waals surface area contributed by atoms with Crippen LogP contribution in [0.4, 0.5) is 9.18 Å². The van der Waals surface area contributed by atoms with Gasteiger partial charge in [0.1, 0.15) is 17.9 Å². The van der Waals surface area contributed by atoms with Crippen molar-refractivity contribution in [3.8, 4) is 11.5 Å². The number of halogens is 1. The molecule has 1 N–H and O–H groups in total. The van der Waals surface area contributed by atoms with Crippen LogP contribution in [0.25, 0.3) is 0 Å². The van der Waals surface area contributed by atoms with Gasteiger partial charge < -0.3 is 14.8 Å². The predicted octanol–water partition coefficient (Wildman–Crippen LogP) is 2.68. The second-order valence-corrected chi connectivity index (χ2v) is 6.02. The van der Waals surface area contributed by atoms with Crippen molar-refractivity contribution in [1.82, 2.24) is 10.2 Å². The largest absolute Gasteiger partial charge is 0.497 e. The van der Waals surface area contributed by atoms with Gasteiger partial charge in [0, 0.05) is 0 Å². The van der Waals surface area contributed by atoms with Crippen molar-refractivity contribution < 1.29 is 23.5 Å². The summed E-state index contributed by atoms with van der Waals surface area (Å²) in [5, 5.41) is 2.71. The first kappa shape index (κ1) is 17.7. The van der Waals surface area contributed by atoms with Crippen molar-refractivity contribution in [2.45, 2.75) is 12.5 Å². The number of nitrogens with zero attached hydrogens (tertiary/aromatic N) is 1. The van der Waals surface area contributed by atoms with Crippen molar-refractivity contribution in [3.63, 3.8) is 0 Å². The van der Waals surface area contributed by atoms with Crippen LogP contribution in [0.15, 0.2) is 48.5 Å². The number of para-hydroxylation sites is 1. The van der Waals surface area contributed by atoms with Crippen LogP contribution in [0.1, 0.15) is 12.5 Å². The highest BCUT2D eigenvalue weighted by Crippen LogP contribution is 2.30. The molecule has 0 saturated carbocycles. The second-order valence-electron chi connectivity index (χ2n) is 6.02. The molecule has 1 atom stereocenters. The van der Waals surface area contributed by atoms with Crippen LogP contribution in [0, 0.1) is 5.82 Å². The van der Waals surface area contributed by atoms with Gasteiger partial charge in [-0.15, -0.1) is 0 Å². The standard InChI is InChI=1S/C19H19FN2O4/c1-19(13-7-9-14(25-2)10-8-13)17(23)22(18(24)21-19)11-12-26-16-6-4-3-5-15(16)20/h3-10H,11-12H2,1-2H3,(H,21,24). The summed E-state index contributed by atoms with van der Waals surface area (Å²) in [6.45, 7) is 1.66. The minimum Gasteiger partial charge on any atom is -0.497 e. The topological polar surface area (TPSA) is 67.9 Å². The Morgan fingerprint density at radius 2 is 1.81 bits per heavy atom. The number of hydrogen-bond donors (Lipinski definition) is 1. The number of ether oxygens (including phenoxy) is 2. The zero-order chi connectivity index (χ0) is 18.7.